The standard InChI is InChI=1S/C10H14FN3O2S.ClH/c11-8-5-13-10(14-6-8)17(15,16)7-9-3-1-2-4-12-9;/h5-6,9,12H,1-4,7H2;1H. The van der Waals surface area contributed by atoms with Gasteiger partial charge in [0.2, 0.25) is 15.0 Å². The van der Waals surface area contributed by atoms with Crippen LogP contribution in [0.2, 0.25) is 0 Å². The first kappa shape index (κ1) is 15.3. The molecule has 1 saturated heterocycles. The Labute approximate surface area is 112 Å². The summed E-state index contributed by atoms with van der Waals surface area (Å²) in [4.78, 5) is 7.03. The van der Waals surface area contributed by atoms with Crippen LogP contribution in [0.1, 0.15) is 19.3 Å². The van der Waals surface area contributed by atoms with Crippen LogP contribution in [-0.2, 0) is 9.84 Å². The van der Waals surface area contributed by atoms with Crippen molar-refractivity contribution in [3.05, 3.63) is 18.2 Å². The average Bonchev–Trinajstić information content (AvgIpc) is 2.30. The van der Waals surface area contributed by atoms with Gasteiger partial charge in [-0.1, -0.05) is 6.42 Å². The van der Waals surface area contributed by atoms with Crippen LogP contribution >= 0.6 is 12.4 Å². The second-order valence-electron chi connectivity index (χ2n) is 4.11. The minimum atomic E-state index is -3.53. The number of nitrogens with one attached hydrogen (secondary N) is 1. The number of sulfone groups is 1. The van der Waals surface area contributed by atoms with Gasteiger partial charge in [-0.2, -0.15) is 0 Å². The molecular weight excluding hydrogens is 281 g/mol. The number of hydrogen-bond acceptors (Lipinski definition) is 5. The van der Waals surface area contributed by atoms with Crippen LogP contribution in [0.3, 0.4) is 0 Å². The lowest BCUT2D eigenvalue weighted by Crippen LogP contribution is -2.39. The molecule has 1 aliphatic heterocycles. The molecule has 102 valence electrons. The highest BCUT2D eigenvalue weighted by atomic mass is 35.5. The monoisotopic (exact) mass is 295 g/mol. The average molecular weight is 296 g/mol. The number of nitrogens with zero attached hydrogens (tertiary/aromatic N) is 2. The predicted octanol–water partition coefficient (Wildman–Crippen LogP) is 0.953. The summed E-state index contributed by atoms with van der Waals surface area (Å²) >= 11 is 0. The van der Waals surface area contributed by atoms with Crippen LogP contribution in [0, 0.1) is 5.82 Å². The van der Waals surface area contributed by atoms with Crippen LogP contribution in [0.4, 0.5) is 4.39 Å². The van der Waals surface area contributed by atoms with Gasteiger partial charge in [-0.15, -0.1) is 12.4 Å². The van der Waals surface area contributed by atoms with Crippen LogP contribution in [0.5, 0.6) is 0 Å². The minimum absolute atomic E-state index is 0. The molecule has 1 atom stereocenters. The van der Waals surface area contributed by atoms with Gasteiger partial charge in [0, 0.05) is 6.04 Å². The van der Waals surface area contributed by atoms with Crippen LogP contribution < -0.4 is 5.32 Å². The molecule has 1 aliphatic rings. The lowest BCUT2D eigenvalue weighted by atomic mass is 10.1. The Kier molecular flexibility index (Phi) is 5.43. The Bertz CT molecular complexity index is 474. The maximum atomic E-state index is 12.6. The molecule has 18 heavy (non-hydrogen) atoms. The van der Waals surface area contributed by atoms with Crippen LogP contribution in [-0.4, -0.2) is 36.7 Å². The van der Waals surface area contributed by atoms with Gasteiger partial charge in [0.15, 0.2) is 5.82 Å². The lowest BCUT2D eigenvalue weighted by molar-refractivity contribution is 0.423. The fraction of sp³-hybridized carbons (Fsp3) is 0.600. The van der Waals surface area contributed by atoms with E-state index in [2.05, 4.69) is 15.3 Å². The summed E-state index contributed by atoms with van der Waals surface area (Å²) in [6.07, 6.45) is 4.67. The Hall–Kier alpha value is -0.790. The van der Waals surface area contributed by atoms with Gasteiger partial charge in [0.25, 0.3) is 0 Å². The molecule has 0 aromatic carbocycles. The maximum Gasteiger partial charge on any atom is 0.247 e. The van der Waals surface area contributed by atoms with Crippen LogP contribution in [0.15, 0.2) is 17.6 Å². The van der Waals surface area contributed by atoms with E-state index in [1.807, 2.05) is 0 Å². The molecule has 0 amide bonds. The van der Waals surface area contributed by atoms with E-state index in [0.29, 0.717) is 0 Å². The summed E-state index contributed by atoms with van der Waals surface area (Å²) in [5.41, 5.74) is 0. The SMILES string of the molecule is Cl.O=S(=O)(CC1CCCCN1)c1ncc(F)cn1. The fourth-order valence-electron chi connectivity index (χ4n) is 1.87. The Morgan fingerprint density at radius 2 is 2.00 bits per heavy atom. The highest BCUT2D eigenvalue weighted by Crippen LogP contribution is 2.12. The molecule has 0 radical (unpaired) electrons. The highest BCUT2D eigenvalue weighted by molar-refractivity contribution is 7.91. The molecule has 0 aliphatic carbocycles. The molecule has 0 spiro atoms. The number of aromatic nitrogens is 2. The summed E-state index contributed by atoms with van der Waals surface area (Å²) in [5, 5.41) is 2.85. The zero-order valence-corrected chi connectivity index (χ0v) is 11.3. The minimum Gasteiger partial charge on any atom is -0.313 e. The first-order chi connectivity index (χ1) is 8.08. The largest absolute Gasteiger partial charge is 0.313 e. The fourth-order valence-corrected chi connectivity index (χ4v) is 3.26. The first-order valence-electron chi connectivity index (χ1n) is 5.51. The number of rotatable bonds is 3. The number of piperidine rings is 1. The van der Waals surface area contributed by atoms with E-state index in [4.69, 9.17) is 0 Å². The zero-order valence-electron chi connectivity index (χ0n) is 9.67. The quantitative estimate of drug-likeness (QED) is 0.841. The third kappa shape index (κ3) is 3.86. The van der Waals surface area contributed by atoms with Gasteiger partial charge < -0.3 is 5.32 Å². The Morgan fingerprint density at radius 1 is 1.33 bits per heavy atom. The van der Waals surface area contributed by atoms with Gasteiger partial charge in [-0.25, -0.2) is 22.8 Å². The molecule has 0 saturated carbocycles. The van der Waals surface area contributed by atoms with Crippen molar-refractivity contribution in [2.45, 2.75) is 30.5 Å². The molecule has 1 aromatic rings. The summed E-state index contributed by atoms with van der Waals surface area (Å²) in [6.45, 7) is 0.838. The van der Waals surface area contributed by atoms with Crippen molar-refractivity contribution < 1.29 is 12.8 Å². The molecule has 1 N–H and O–H groups in total. The Morgan fingerprint density at radius 3 is 2.56 bits per heavy atom. The maximum absolute atomic E-state index is 12.6. The molecule has 5 nitrogen and oxygen atoms in total. The van der Waals surface area contributed by atoms with Gasteiger partial charge in [-0.3, -0.25) is 0 Å². The van der Waals surface area contributed by atoms with Crippen molar-refractivity contribution in [1.29, 1.82) is 0 Å². The smallest absolute Gasteiger partial charge is 0.247 e. The molecule has 8 heteroatoms. The molecular formula is C10H15ClFN3O2S. The van der Waals surface area contributed by atoms with Crippen molar-refractivity contribution in [3.8, 4) is 0 Å². The van der Waals surface area contributed by atoms with E-state index in [-0.39, 0.29) is 29.4 Å². The molecule has 2 heterocycles. The van der Waals surface area contributed by atoms with Crippen molar-refractivity contribution >= 4 is 22.2 Å². The van der Waals surface area contributed by atoms with Crippen molar-refractivity contribution in [2.24, 2.45) is 0 Å². The third-order valence-corrected chi connectivity index (χ3v) is 4.32. The molecule has 1 fully saturated rings. The molecule has 1 unspecified atom stereocenters. The number of hydrogen-bond donors (Lipinski definition) is 1. The second kappa shape index (κ2) is 6.40. The Balaban J connectivity index is 0.00000162. The van der Waals surface area contributed by atoms with Crippen LogP contribution in [0.25, 0.3) is 0 Å². The van der Waals surface area contributed by atoms with Gasteiger partial charge in [0.05, 0.1) is 18.1 Å². The number of halogens is 2. The first-order valence-corrected chi connectivity index (χ1v) is 7.17. The summed E-state index contributed by atoms with van der Waals surface area (Å²) < 4.78 is 36.4. The summed E-state index contributed by atoms with van der Waals surface area (Å²) in [7, 11) is -3.53. The van der Waals surface area contributed by atoms with Gasteiger partial charge in [0.1, 0.15) is 0 Å². The predicted molar refractivity (Wildman–Crippen MR) is 66.9 cm³/mol. The molecule has 1 aromatic heterocycles. The van der Waals surface area contributed by atoms with E-state index >= 15 is 0 Å². The van der Waals surface area contributed by atoms with Crippen molar-refractivity contribution in [3.63, 3.8) is 0 Å². The van der Waals surface area contributed by atoms with Gasteiger partial charge in [-0.05, 0) is 19.4 Å². The second-order valence-corrected chi connectivity index (χ2v) is 6.04. The van der Waals surface area contributed by atoms with E-state index in [1.54, 1.807) is 0 Å². The normalized spacial score (nSPS) is 20.2. The van der Waals surface area contributed by atoms with Crippen molar-refractivity contribution in [1.82, 2.24) is 15.3 Å². The third-order valence-electron chi connectivity index (χ3n) is 2.71. The van der Waals surface area contributed by atoms with E-state index in [0.717, 1.165) is 38.2 Å². The molecule has 2 rings (SSSR count). The zero-order chi connectivity index (χ0) is 12.3. The van der Waals surface area contributed by atoms with Crippen molar-refractivity contribution in [2.75, 3.05) is 12.3 Å². The van der Waals surface area contributed by atoms with E-state index in [1.165, 1.54) is 0 Å². The lowest BCUT2D eigenvalue weighted by Gasteiger charge is -2.22. The molecule has 0 bridgehead atoms. The van der Waals surface area contributed by atoms with E-state index in [9.17, 15) is 12.8 Å². The highest BCUT2D eigenvalue weighted by Gasteiger charge is 2.24. The summed E-state index contributed by atoms with van der Waals surface area (Å²) in [5.74, 6) is -0.668. The van der Waals surface area contributed by atoms with E-state index < -0.39 is 15.7 Å². The van der Waals surface area contributed by atoms with Gasteiger partial charge >= 0.3 is 0 Å². The summed E-state index contributed by atoms with van der Waals surface area (Å²) in [6, 6.07) is -0.0533. The topological polar surface area (TPSA) is 72.0 Å².